The summed E-state index contributed by atoms with van der Waals surface area (Å²) in [6, 6.07) is 8.65. The van der Waals surface area contributed by atoms with Crippen LogP contribution < -0.4 is 5.32 Å². The highest BCUT2D eigenvalue weighted by molar-refractivity contribution is 7.98. The van der Waals surface area contributed by atoms with Gasteiger partial charge in [0.2, 0.25) is 0 Å². The highest BCUT2D eigenvalue weighted by atomic mass is 32.2. The number of benzene rings is 1. The fraction of sp³-hybridized carbons (Fsp3) is 0.222. The molecule has 0 saturated heterocycles. The van der Waals surface area contributed by atoms with E-state index in [1.165, 1.54) is 7.11 Å². The molecular formula is C27H27N5O3S2. The van der Waals surface area contributed by atoms with Gasteiger partial charge in [-0.25, -0.2) is 14.8 Å². The van der Waals surface area contributed by atoms with E-state index in [9.17, 15) is 9.59 Å². The fourth-order valence-electron chi connectivity index (χ4n) is 3.81. The first kappa shape index (κ1) is 26.3. The number of thioether (sulfide) groups is 1. The van der Waals surface area contributed by atoms with Crippen molar-refractivity contribution in [1.82, 2.24) is 24.8 Å². The second-order valence-corrected chi connectivity index (χ2v) is 10.00. The predicted octanol–water partition coefficient (Wildman–Crippen LogP) is 4.67. The fourth-order valence-corrected chi connectivity index (χ4v) is 4.93. The van der Waals surface area contributed by atoms with Crippen LogP contribution in [0.15, 0.2) is 73.0 Å². The first-order chi connectivity index (χ1) is 18.1. The molecule has 0 bridgehead atoms. The standard InChI is InChI=1S/C27H27N5O3S2/c1-35-27(34)24(7-12-36-2)31-25(33)22-6-5-19(15-23(22)20-4-3-8-28-16-20)14-21(26-30-10-13-37-26)17-32-11-9-29-18-32/h3-6,8-11,13-16,18,24H,7,12,17H2,1-2H3,(H,31,33). The van der Waals surface area contributed by atoms with E-state index in [2.05, 4.69) is 26.3 Å². The summed E-state index contributed by atoms with van der Waals surface area (Å²) in [5, 5.41) is 5.72. The Hall–Kier alpha value is -3.76. The maximum atomic E-state index is 13.4. The minimum atomic E-state index is -0.724. The number of thiazole rings is 1. The molecule has 3 heterocycles. The van der Waals surface area contributed by atoms with E-state index in [1.54, 1.807) is 60.3 Å². The SMILES string of the molecule is COC(=O)C(CCSC)NC(=O)c1ccc(C=C(Cn2ccnc2)c2nccs2)cc1-c1cccnc1. The number of hydrogen-bond donors (Lipinski definition) is 1. The van der Waals surface area contributed by atoms with Gasteiger partial charge in [0.25, 0.3) is 5.91 Å². The second-order valence-electron chi connectivity index (χ2n) is 8.12. The van der Waals surface area contributed by atoms with Crippen LogP contribution in [0.2, 0.25) is 0 Å². The van der Waals surface area contributed by atoms with Gasteiger partial charge in [0.15, 0.2) is 0 Å². The van der Waals surface area contributed by atoms with E-state index >= 15 is 0 Å². The maximum absolute atomic E-state index is 13.4. The number of methoxy groups -OCH3 is 1. The third-order valence-corrected chi connectivity index (χ3v) is 7.12. The Morgan fingerprint density at radius 1 is 1.22 bits per heavy atom. The summed E-state index contributed by atoms with van der Waals surface area (Å²) in [4.78, 5) is 38.6. The van der Waals surface area contributed by atoms with Crippen LogP contribution in [0.4, 0.5) is 0 Å². The van der Waals surface area contributed by atoms with E-state index in [4.69, 9.17) is 4.74 Å². The van der Waals surface area contributed by atoms with Gasteiger partial charge in [-0.15, -0.1) is 11.3 Å². The number of nitrogens with one attached hydrogen (secondary N) is 1. The molecule has 1 unspecified atom stereocenters. The highest BCUT2D eigenvalue weighted by Crippen LogP contribution is 2.28. The number of carbonyl (C=O) groups excluding carboxylic acids is 2. The number of rotatable bonds is 11. The Bertz CT molecular complexity index is 1340. The molecule has 190 valence electrons. The van der Waals surface area contributed by atoms with E-state index in [-0.39, 0.29) is 5.91 Å². The van der Waals surface area contributed by atoms with Crippen molar-refractivity contribution in [3.63, 3.8) is 0 Å². The summed E-state index contributed by atoms with van der Waals surface area (Å²) in [6.07, 6.45) is 15.1. The minimum Gasteiger partial charge on any atom is -0.467 e. The second kappa shape index (κ2) is 13.0. The molecule has 3 aromatic heterocycles. The third kappa shape index (κ3) is 6.93. The molecule has 8 nitrogen and oxygen atoms in total. The first-order valence-electron chi connectivity index (χ1n) is 11.6. The summed E-state index contributed by atoms with van der Waals surface area (Å²) in [5.41, 5.74) is 3.90. The number of nitrogens with zero attached hydrogens (tertiary/aromatic N) is 4. The Morgan fingerprint density at radius 3 is 2.78 bits per heavy atom. The largest absolute Gasteiger partial charge is 0.467 e. The lowest BCUT2D eigenvalue weighted by atomic mass is 9.96. The number of ether oxygens (including phenoxy) is 1. The van der Waals surface area contributed by atoms with Crippen LogP contribution in [0.1, 0.15) is 27.3 Å². The average molecular weight is 534 g/mol. The number of aromatic nitrogens is 4. The number of amides is 1. The van der Waals surface area contributed by atoms with Crippen molar-refractivity contribution in [2.75, 3.05) is 19.1 Å². The lowest BCUT2D eigenvalue weighted by Crippen LogP contribution is -2.42. The quantitative estimate of drug-likeness (QED) is 0.280. The summed E-state index contributed by atoms with van der Waals surface area (Å²) in [6.45, 7) is 0.605. The van der Waals surface area contributed by atoms with E-state index in [1.807, 2.05) is 46.7 Å². The molecule has 10 heteroatoms. The van der Waals surface area contributed by atoms with Crippen molar-refractivity contribution in [3.05, 3.63) is 89.2 Å². The molecule has 0 aliphatic carbocycles. The molecule has 1 amide bonds. The Labute approximate surface area is 223 Å². The third-order valence-electron chi connectivity index (χ3n) is 5.62. The molecule has 0 aliphatic heterocycles. The predicted molar refractivity (Wildman–Crippen MR) is 148 cm³/mol. The molecule has 0 spiro atoms. The van der Waals surface area contributed by atoms with Crippen molar-refractivity contribution in [3.8, 4) is 11.1 Å². The summed E-state index contributed by atoms with van der Waals surface area (Å²) in [7, 11) is 1.33. The Balaban J connectivity index is 1.71. The Kier molecular flexibility index (Phi) is 9.23. The van der Waals surface area contributed by atoms with Crippen LogP contribution in [-0.2, 0) is 16.1 Å². The lowest BCUT2D eigenvalue weighted by Gasteiger charge is -2.18. The maximum Gasteiger partial charge on any atom is 0.328 e. The molecule has 4 rings (SSSR count). The van der Waals surface area contributed by atoms with Crippen molar-refractivity contribution >= 4 is 46.6 Å². The summed E-state index contributed by atoms with van der Waals surface area (Å²) < 4.78 is 6.89. The van der Waals surface area contributed by atoms with E-state index in [0.29, 0.717) is 24.1 Å². The van der Waals surface area contributed by atoms with Gasteiger partial charge in [0.1, 0.15) is 11.0 Å². The number of carbonyl (C=O) groups is 2. The molecular weight excluding hydrogens is 506 g/mol. The first-order valence-corrected chi connectivity index (χ1v) is 13.8. The van der Waals surface area contributed by atoms with Crippen LogP contribution in [-0.4, -0.2) is 56.6 Å². The number of pyridine rings is 1. The van der Waals surface area contributed by atoms with Gasteiger partial charge in [0.05, 0.1) is 20.0 Å². The number of allylic oxidation sites excluding steroid dienone is 1. The zero-order valence-electron chi connectivity index (χ0n) is 20.5. The summed E-state index contributed by atoms with van der Waals surface area (Å²) >= 11 is 3.17. The zero-order chi connectivity index (χ0) is 26.0. The number of esters is 1. The van der Waals surface area contributed by atoms with Crippen molar-refractivity contribution in [2.24, 2.45) is 0 Å². The molecule has 1 atom stereocenters. The smallest absolute Gasteiger partial charge is 0.328 e. The van der Waals surface area contributed by atoms with Crippen molar-refractivity contribution < 1.29 is 14.3 Å². The lowest BCUT2D eigenvalue weighted by molar-refractivity contribution is -0.142. The van der Waals surface area contributed by atoms with Gasteiger partial charge in [0, 0.05) is 53.1 Å². The van der Waals surface area contributed by atoms with Gasteiger partial charge >= 0.3 is 5.97 Å². The van der Waals surface area contributed by atoms with Gasteiger partial charge in [-0.3, -0.25) is 9.78 Å². The molecule has 0 fully saturated rings. The molecule has 1 aromatic carbocycles. The highest BCUT2D eigenvalue weighted by Gasteiger charge is 2.23. The van der Waals surface area contributed by atoms with Crippen LogP contribution in [0, 0.1) is 0 Å². The summed E-state index contributed by atoms with van der Waals surface area (Å²) in [5.74, 6) is -0.0858. The number of hydrogen-bond acceptors (Lipinski definition) is 8. The molecule has 0 saturated carbocycles. The molecule has 4 aromatic rings. The number of imidazole rings is 1. The van der Waals surface area contributed by atoms with Crippen molar-refractivity contribution in [2.45, 2.75) is 19.0 Å². The topological polar surface area (TPSA) is 99.0 Å². The minimum absolute atomic E-state index is 0.343. The molecule has 0 radical (unpaired) electrons. The zero-order valence-corrected chi connectivity index (χ0v) is 22.2. The van der Waals surface area contributed by atoms with Crippen LogP contribution >= 0.6 is 23.1 Å². The molecule has 0 aliphatic rings. The van der Waals surface area contributed by atoms with E-state index < -0.39 is 12.0 Å². The van der Waals surface area contributed by atoms with Crippen LogP contribution in [0.5, 0.6) is 0 Å². The van der Waals surface area contributed by atoms with Gasteiger partial charge < -0.3 is 14.6 Å². The van der Waals surface area contributed by atoms with Gasteiger partial charge in [-0.05, 0) is 53.8 Å². The molecule has 1 N–H and O–H groups in total. The normalized spacial score (nSPS) is 12.2. The van der Waals surface area contributed by atoms with Crippen LogP contribution in [0.3, 0.4) is 0 Å². The average Bonchev–Trinajstić information content (AvgIpc) is 3.65. The Morgan fingerprint density at radius 2 is 2.11 bits per heavy atom. The van der Waals surface area contributed by atoms with E-state index in [0.717, 1.165) is 27.5 Å². The van der Waals surface area contributed by atoms with Gasteiger partial charge in [-0.2, -0.15) is 11.8 Å². The van der Waals surface area contributed by atoms with Gasteiger partial charge in [-0.1, -0.05) is 12.1 Å². The monoisotopic (exact) mass is 533 g/mol. The van der Waals surface area contributed by atoms with Crippen molar-refractivity contribution in [1.29, 1.82) is 0 Å². The molecule has 37 heavy (non-hydrogen) atoms. The van der Waals surface area contributed by atoms with Crippen LogP contribution in [0.25, 0.3) is 22.8 Å².